The van der Waals surface area contributed by atoms with Gasteiger partial charge in [0.2, 0.25) is 0 Å². The molecular weight excluding hydrogens is 263 g/mol. The second-order valence-corrected chi connectivity index (χ2v) is 5.02. The van der Waals surface area contributed by atoms with Crippen molar-refractivity contribution in [3.63, 3.8) is 0 Å². The molecule has 0 aliphatic carbocycles. The first kappa shape index (κ1) is 14.0. The lowest BCUT2D eigenvalue weighted by Crippen LogP contribution is -2.29. The zero-order valence-electron chi connectivity index (χ0n) is 10.9. The third kappa shape index (κ3) is 2.95. The molecule has 2 rings (SSSR count). The lowest BCUT2D eigenvalue weighted by atomic mass is 9.95. The summed E-state index contributed by atoms with van der Waals surface area (Å²) in [5, 5.41) is 0.673. The lowest BCUT2D eigenvalue weighted by molar-refractivity contribution is 0.602. The average Bonchev–Trinajstić information content (AvgIpc) is 2.38. The minimum atomic E-state index is -0.284. The van der Waals surface area contributed by atoms with Crippen molar-refractivity contribution in [2.24, 2.45) is 5.84 Å². The molecule has 0 bridgehead atoms. The van der Waals surface area contributed by atoms with Crippen molar-refractivity contribution in [1.29, 1.82) is 0 Å². The number of nitrogens with one attached hydrogen (secondary N) is 1. The summed E-state index contributed by atoms with van der Waals surface area (Å²) in [7, 11) is 0. The van der Waals surface area contributed by atoms with Gasteiger partial charge >= 0.3 is 0 Å². The lowest BCUT2D eigenvalue weighted by Gasteiger charge is -2.19. The van der Waals surface area contributed by atoms with E-state index in [1.807, 2.05) is 32.0 Å². The summed E-state index contributed by atoms with van der Waals surface area (Å²) < 4.78 is 13.4. The fourth-order valence-corrected chi connectivity index (χ4v) is 2.27. The Hall–Kier alpha value is -1.42. The highest BCUT2D eigenvalue weighted by Gasteiger charge is 2.16. The molecular formula is C15H16ClFN2. The first-order valence-corrected chi connectivity index (χ1v) is 6.39. The zero-order chi connectivity index (χ0) is 14.0. The Labute approximate surface area is 117 Å². The molecule has 0 fully saturated rings. The smallest absolute Gasteiger partial charge is 0.123 e. The van der Waals surface area contributed by atoms with Gasteiger partial charge in [0.05, 0.1) is 6.04 Å². The Morgan fingerprint density at radius 3 is 2.42 bits per heavy atom. The molecule has 0 aliphatic rings. The van der Waals surface area contributed by atoms with Crippen LogP contribution >= 0.6 is 11.6 Å². The average molecular weight is 279 g/mol. The van der Waals surface area contributed by atoms with Crippen LogP contribution in [0.2, 0.25) is 5.02 Å². The van der Waals surface area contributed by atoms with Crippen LogP contribution in [0, 0.1) is 19.7 Å². The molecule has 0 saturated carbocycles. The molecule has 0 heterocycles. The Morgan fingerprint density at radius 1 is 1.11 bits per heavy atom. The molecule has 100 valence electrons. The summed E-state index contributed by atoms with van der Waals surface area (Å²) >= 11 is 6.13. The maximum absolute atomic E-state index is 13.4. The Balaban J connectivity index is 2.49. The van der Waals surface area contributed by atoms with Crippen molar-refractivity contribution in [3.05, 3.63) is 69.5 Å². The molecule has 0 amide bonds. The second kappa shape index (κ2) is 5.70. The van der Waals surface area contributed by atoms with E-state index < -0.39 is 0 Å². The molecule has 2 aromatic rings. The van der Waals surface area contributed by atoms with Gasteiger partial charge in [-0.25, -0.2) is 9.82 Å². The zero-order valence-corrected chi connectivity index (χ0v) is 11.6. The van der Waals surface area contributed by atoms with Crippen molar-refractivity contribution < 1.29 is 4.39 Å². The third-order valence-electron chi connectivity index (χ3n) is 3.25. The van der Waals surface area contributed by atoms with Crippen LogP contribution in [0.3, 0.4) is 0 Å². The Kier molecular flexibility index (Phi) is 4.20. The number of hydrogen-bond acceptors (Lipinski definition) is 2. The molecule has 2 nitrogen and oxygen atoms in total. The van der Waals surface area contributed by atoms with Gasteiger partial charge in [0, 0.05) is 5.02 Å². The monoisotopic (exact) mass is 278 g/mol. The molecule has 0 spiro atoms. The van der Waals surface area contributed by atoms with Gasteiger partial charge in [0.25, 0.3) is 0 Å². The van der Waals surface area contributed by atoms with E-state index in [1.54, 1.807) is 6.07 Å². The van der Waals surface area contributed by atoms with Gasteiger partial charge in [0.1, 0.15) is 5.82 Å². The van der Waals surface area contributed by atoms with Gasteiger partial charge in [-0.3, -0.25) is 5.84 Å². The van der Waals surface area contributed by atoms with Crippen LogP contribution in [-0.4, -0.2) is 0 Å². The minimum absolute atomic E-state index is 0.279. The predicted octanol–water partition coefficient (Wildman–Crippen LogP) is 3.65. The van der Waals surface area contributed by atoms with E-state index in [9.17, 15) is 4.39 Å². The van der Waals surface area contributed by atoms with E-state index in [1.165, 1.54) is 12.1 Å². The first-order chi connectivity index (χ1) is 9.02. The highest BCUT2D eigenvalue weighted by atomic mass is 35.5. The number of benzene rings is 2. The second-order valence-electron chi connectivity index (χ2n) is 4.61. The summed E-state index contributed by atoms with van der Waals surface area (Å²) in [5.41, 5.74) is 6.41. The molecule has 19 heavy (non-hydrogen) atoms. The minimum Gasteiger partial charge on any atom is -0.271 e. The highest BCUT2D eigenvalue weighted by Crippen LogP contribution is 2.28. The van der Waals surface area contributed by atoms with Crippen molar-refractivity contribution in [1.82, 2.24) is 5.43 Å². The number of rotatable bonds is 3. The number of halogens is 2. The van der Waals surface area contributed by atoms with E-state index in [4.69, 9.17) is 17.4 Å². The summed E-state index contributed by atoms with van der Waals surface area (Å²) in [6.07, 6.45) is 0. The summed E-state index contributed by atoms with van der Waals surface area (Å²) in [6, 6.07) is 10.1. The molecule has 0 aromatic heterocycles. The Morgan fingerprint density at radius 2 is 1.79 bits per heavy atom. The number of aryl methyl sites for hydroxylation is 2. The van der Waals surface area contributed by atoms with Crippen LogP contribution in [0.15, 0.2) is 36.4 Å². The molecule has 0 aliphatic heterocycles. The topological polar surface area (TPSA) is 38.0 Å². The summed E-state index contributed by atoms with van der Waals surface area (Å²) in [5.74, 6) is 5.35. The van der Waals surface area contributed by atoms with E-state index in [2.05, 4.69) is 5.43 Å². The van der Waals surface area contributed by atoms with Crippen LogP contribution in [0.1, 0.15) is 28.3 Å². The fraction of sp³-hybridized carbons (Fsp3) is 0.200. The fourth-order valence-electron chi connectivity index (χ4n) is 2.08. The van der Waals surface area contributed by atoms with Crippen molar-refractivity contribution in [2.75, 3.05) is 0 Å². The quantitative estimate of drug-likeness (QED) is 0.664. The van der Waals surface area contributed by atoms with Gasteiger partial charge < -0.3 is 0 Å². The maximum atomic E-state index is 13.4. The van der Waals surface area contributed by atoms with E-state index in [0.717, 1.165) is 22.3 Å². The van der Waals surface area contributed by atoms with Gasteiger partial charge in [0.15, 0.2) is 0 Å². The normalized spacial score (nSPS) is 12.5. The molecule has 3 N–H and O–H groups in total. The number of nitrogens with two attached hydrogens (primary N) is 1. The Bertz CT molecular complexity index is 599. The molecule has 2 aromatic carbocycles. The van der Waals surface area contributed by atoms with E-state index in [-0.39, 0.29) is 11.9 Å². The molecule has 1 atom stereocenters. The van der Waals surface area contributed by atoms with Crippen molar-refractivity contribution in [2.45, 2.75) is 19.9 Å². The summed E-state index contributed by atoms with van der Waals surface area (Å²) in [6.45, 7) is 3.86. The van der Waals surface area contributed by atoms with Crippen LogP contribution in [0.25, 0.3) is 0 Å². The SMILES string of the molecule is Cc1ccc(C(NN)c2cc(F)ccc2C)cc1Cl. The molecule has 1 unspecified atom stereocenters. The van der Waals surface area contributed by atoms with Crippen LogP contribution in [0.4, 0.5) is 4.39 Å². The first-order valence-electron chi connectivity index (χ1n) is 6.01. The molecule has 4 heteroatoms. The molecule has 0 radical (unpaired) electrons. The van der Waals surface area contributed by atoms with Crippen LogP contribution in [0.5, 0.6) is 0 Å². The standard InChI is InChI=1S/C15H16ClFN2/c1-9-4-6-12(17)8-13(9)15(19-18)11-5-3-10(2)14(16)7-11/h3-8,15,19H,18H2,1-2H3. The van der Waals surface area contributed by atoms with Gasteiger partial charge in [-0.2, -0.15) is 0 Å². The summed E-state index contributed by atoms with van der Waals surface area (Å²) in [4.78, 5) is 0. The van der Waals surface area contributed by atoms with Crippen molar-refractivity contribution in [3.8, 4) is 0 Å². The predicted molar refractivity (Wildman–Crippen MR) is 76.5 cm³/mol. The highest BCUT2D eigenvalue weighted by molar-refractivity contribution is 6.31. The number of hydrazine groups is 1. The maximum Gasteiger partial charge on any atom is 0.123 e. The number of hydrogen-bond donors (Lipinski definition) is 2. The largest absolute Gasteiger partial charge is 0.271 e. The van der Waals surface area contributed by atoms with Crippen molar-refractivity contribution >= 4 is 11.6 Å². The van der Waals surface area contributed by atoms with E-state index in [0.29, 0.717) is 5.02 Å². The van der Waals surface area contributed by atoms with Gasteiger partial charge in [-0.1, -0.05) is 29.8 Å². The van der Waals surface area contributed by atoms with Crippen LogP contribution < -0.4 is 11.3 Å². The van der Waals surface area contributed by atoms with Gasteiger partial charge in [-0.15, -0.1) is 0 Å². The van der Waals surface area contributed by atoms with Gasteiger partial charge in [-0.05, 0) is 54.3 Å². The molecule has 0 saturated heterocycles. The van der Waals surface area contributed by atoms with E-state index >= 15 is 0 Å². The van der Waals surface area contributed by atoms with Crippen LogP contribution in [-0.2, 0) is 0 Å². The third-order valence-corrected chi connectivity index (χ3v) is 3.66.